The summed E-state index contributed by atoms with van der Waals surface area (Å²) < 4.78 is 5.47. The Morgan fingerprint density at radius 1 is 1.33 bits per heavy atom. The summed E-state index contributed by atoms with van der Waals surface area (Å²) in [5, 5.41) is 9.88. The second kappa shape index (κ2) is 5.50. The Hall–Kier alpha value is -1.26. The molecule has 3 unspecified atom stereocenters. The smallest absolute Gasteiger partial charge is 0.411 e. The fourth-order valence-electron chi connectivity index (χ4n) is 4.00. The summed E-state index contributed by atoms with van der Waals surface area (Å²) >= 11 is 0. The van der Waals surface area contributed by atoms with Crippen LogP contribution in [0, 0.1) is 11.8 Å². The molecular formula is C16H27NO4. The number of carbonyl (C=O) groups excluding carboxylic acids is 1. The van der Waals surface area contributed by atoms with Crippen molar-refractivity contribution in [3.05, 3.63) is 0 Å². The molecular weight excluding hydrogens is 270 g/mol. The van der Waals surface area contributed by atoms with Crippen molar-refractivity contribution in [3.63, 3.8) is 0 Å². The molecule has 2 bridgehead atoms. The summed E-state index contributed by atoms with van der Waals surface area (Å²) in [7, 11) is 0. The number of rotatable bonds is 4. The van der Waals surface area contributed by atoms with Crippen molar-refractivity contribution in [1.82, 2.24) is 4.90 Å². The summed E-state index contributed by atoms with van der Waals surface area (Å²) in [5.74, 6) is -0.360. The Morgan fingerprint density at radius 2 is 2.00 bits per heavy atom. The topological polar surface area (TPSA) is 66.8 Å². The Kier molecular flexibility index (Phi) is 4.22. The summed E-state index contributed by atoms with van der Waals surface area (Å²) in [4.78, 5) is 26.1. The first-order chi connectivity index (χ1) is 9.70. The van der Waals surface area contributed by atoms with Gasteiger partial charge >= 0.3 is 12.1 Å². The largest absolute Gasteiger partial charge is 0.479 e. The van der Waals surface area contributed by atoms with Crippen LogP contribution in [-0.4, -0.2) is 39.8 Å². The maximum absolute atomic E-state index is 12.6. The molecule has 0 saturated heterocycles. The van der Waals surface area contributed by atoms with E-state index in [0.29, 0.717) is 18.9 Å². The van der Waals surface area contributed by atoms with Gasteiger partial charge in [0.2, 0.25) is 0 Å². The number of hydrogen-bond acceptors (Lipinski definition) is 3. The van der Waals surface area contributed by atoms with Crippen LogP contribution in [0.1, 0.15) is 59.8 Å². The van der Waals surface area contributed by atoms with E-state index in [-0.39, 0.29) is 5.92 Å². The molecule has 120 valence electrons. The quantitative estimate of drug-likeness (QED) is 0.864. The minimum absolute atomic E-state index is 0.0686. The molecule has 5 heteroatoms. The van der Waals surface area contributed by atoms with Gasteiger partial charge in [0.15, 0.2) is 0 Å². The van der Waals surface area contributed by atoms with E-state index in [9.17, 15) is 14.7 Å². The molecule has 0 spiro atoms. The van der Waals surface area contributed by atoms with E-state index in [1.165, 1.54) is 4.90 Å². The highest BCUT2D eigenvalue weighted by molar-refractivity contribution is 5.85. The van der Waals surface area contributed by atoms with Crippen molar-refractivity contribution in [3.8, 4) is 0 Å². The fraction of sp³-hybridized carbons (Fsp3) is 0.875. The van der Waals surface area contributed by atoms with Crippen LogP contribution in [-0.2, 0) is 9.53 Å². The predicted octanol–water partition coefficient (Wildman–Crippen LogP) is 3.28. The van der Waals surface area contributed by atoms with Gasteiger partial charge in [0.1, 0.15) is 11.1 Å². The average Bonchev–Trinajstić information content (AvgIpc) is 2.94. The number of carbonyl (C=O) groups is 2. The van der Waals surface area contributed by atoms with E-state index in [1.807, 2.05) is 27.7 Å². The molecule has 1 amide bonds. The Morgan fingerprint density at radius 3 is 2.38 bits per heavy atom. The van der Waals surface area contributed by atoms with Crippen molar-refractivity contribution in [1.29, 1.82) is 0 Å². The second-order valence-corrected chi connectivity index (χ2v) is 7.44. The van der Waals surface area contributed by atoms with Crippen molar-refractivity contribution in [2.45, 2.75) is 70.9 Å². The van der Waals surface area contributed by atoms with E-state index >= 15 is 0 Å². The molecule has 0 aromatic carbocycles. The second-order valence-electron chi connectivity index (χ2n) is 7.44. The van der Waals surface area contributed by atoms with Gasteiger partial charge in [0, 0.05) is 6.54 Å². The molecule has 2 fully saturated rings. The summed E-state index contributed by atoms with van der Waals surface area (Å²) in [6.07, 6.45) is 3.74. The standard InChI is InChI=1S/C16H27NO4/c1-5-8-17(14(20)21-15(2,3)4)16(13(18)19)10-11-6-7-12(16)9-11/h11-12H,5-10H2,1-4H3,(H,18,19). The third kappa shape index (κ3) is 2.87. The zero-order valence-corrected chi connectivity index (χ0v) is 13.5. The van der Waals surface area contributed by atoms with Gasteiger partial charge in [-0.15, -0.1) is 0 Å². The highest BCUT2D eigenvalue weighted by Gasteiger charge is 2.60. The third-order valence-electron chi connectivity index (χ3n) is 4.73. The summed E-state index contributed by atoms with van der Waals surface area (Å²) in [5.41, 5.74) is -1.67. The van der Waals surface area contributed by atoms with E-state index < -0.39 is 23.2 Å². The van der Waals surface area contributed by atoms with Gasteiger partial charge in [0.25, 0.3) is 0 Å². The molecule has 5 nitrogen and oxygen atoms in total. The summed E-state index contributed by atoms with van der Waals surface area (Å²) in [6.45, 7) is 7.82. The van der Waals surface area contributed by atoms with Gasteiger partial charge in [-0.1, -0.05) is 6.92 Å². The summed E-state index contributed by atoms with van der Waals surface area (Å²) in [6, 6.07) is 0. The maximum Gasteiger partial charge on any atom is 0.411 e. The first-order valence-electron chi connectivity index (χ1n) is 7.94. The van der Waals surface area contributed by atoms with Crippen molar-refractivity contribution in [2.75, 3.05) is 6.54 Å². The van der Waals surface area contributed by atoms with Gasteiger partial charge in [-0.25, -0.2) is 9.59 Å². The Balaban J connectivity index is 2.30. The monoisotopic (exact) mass is 297 g/mol. The third-order valence-corrected chi connectivity index (χ3v) is 4.73. The fourth-order valence-corrected chi connectivity index (χ4v) is 4.00. The number of hydrogen-bond donors (Lipinski definition) is 1. The lowest BCUT2D eigenvalue weighted by Crippen LogP contribution is -2.61. The average molecular weight is 297 g/mol. The zero-order valence-electron chi connectivity index (χ0n) is 13.5. The van der Waals surface area contributed by atoms with E-state index in [4.69, 9.17) is 4.74 Å². The number of amides is 1. The molecule has 1 N–H and O–H groups in total. The van der Waals surface area contributed by atoms with Gasteiger partial charge < -0.3 is 9.84 Å². The van der Waals surface area contributed by atoms with Crippen LogP contribution in [0.5, 0.6) is 0 Å². The Bertz CT molecular complexity index is 428. The first kappa shape index (κ1) is 16.1. The number of carboxylic acid groups (broad SMARTS) is 1. The van der Waals surface area contributed by atoms with Crippen LogP contribution in [0.2, 0.25) is 0 Å². The highest BCUT2D eigenvalue weighted by atomic mass is 16.6. The number of nitrogens with zero attached hydrogens (tertiary/aromatic N) is 1. The normalized spacial score (nSPS) is 31.2. The molecule has 3 atom stereocenters. The molecule has 2 rings (SSSR count). The molecule has 2 saturated carbocycles. The van der Waals surface area contributed by atoms with Gasteiger partial charge in [0.05, 0.1) is 0 Å². The number of ether oxygens (including phenoxy) is 1. The van der Waals surface area contributed by atoms with Crippen LogP contribution in [0.4, 0.5) is 4.79 Å². The molecule has 21 heavy (non-hydrogen) atoms. The van der Waals surface area contributed by atoms with Crippen LogP contribution in [0.25, 0.3) is 0 Å². The van der Waals surface area contributed by atoms with Gasteiger partial charge in [-0.2, -0.15) is 0 Å². The number of aliphatic carboxylic acids is 1. The van der Waals surface area contributed by atoms with Crippen LogP contribution in [0.3, 0.4) is 0 Å². The number of fused-ring (bicyclic) bond motifs is 2. The minimum atomic E-state index is -1.05. The van der Waals surface area contributed by atoms with Crippen molar-refractivity contribution >= 4 is 12.1 Å². The zero-order chi connectivity index (χ0) is 15.8. The molecule has 0 aromatic rings. The first-order valence-corrected chi connectivity index (χ1v) is 7.94. The molecule has 2 aliphatic carbocycles. The molecule has 0 aliphatic heterocycles. The SMILES string of the molecule is CCCN(C(=O)OC(C)(C)C)C1(C(=O)O)CC2CCC1C2. The number of carboxylic acids is 1. The minimum Gasteiger partial charge on any atom is -0.479 e. The van der Waals surface area contributed by atoms with Crippen molar-refractivity contribution in [2.24, 2.45) is 11.8 Å². The molecule has 0 aromatic heterocycles. The lowest BCUT2D eigenvalue weighted by atomic mass is 9.79. The highest BCUT2D eigenvalue weighted by Crippen LogP contribution is 2.54. The van der Waals surface area contributed by atoms with Crippen molar-refractivity contribution < 1.29 is 19.4 Å². The van der Waals surface area contributed by atoms with E-state index in [1.54, 1.807) is 0 Å². The Labute approximate surface area is 126 Å². The van der Waals surface area contributed by atoms with E-state index in [2.05, 4.69) is 0 Å². The lowest BCUT2D eigenvalue weighted by molar-refractivity contribution is -0.155. The van der Waals surface area contributed by atoms with Crippen LogP contribution in [0.15, 0.2) is 0 Å². The lowest BCUT2D eigenvalue weighted by Gasteiger charge is -2.43. The predicted molar refractivity (Wildman–Crippen MR) is 79.0 cm³/mol. The van der Waals surface area contributed by atoms with Crippen LogP contribution >= 0.6 is 0 Å². The molecule has 0 radical (unpaired) electrons. The molecule has 2 aliphatic rings. The van der Waals surface area contributed by atoms with Crippen LogP contribution < -0.4 is 0 Å². The molecule has 0 heterocycles. The van der Waals surface area contributed by atoms with Gasteiger partial charge in [-0.3, -0.25) is 4.90 Å². The maximum atomic E-state index is 12.6. The van der Waals surface area contributed by atoms with Gasteiger partial charge in [-0.05, 0) is 64.7 Å². The van der Waals surface area contributed by atoms with E-state index in [0.717, 1.165) is 25.7 Å².